The summed E-state index contributed by atoms with van der Waals surface area (Å²) in [5.41, 5.74) is 3.84. The number of aryl methyl sites for hydroxylation is 1. The van der Waals surface area contributed by atoms with Crippen molar-refractivity contribution in [2.75, 3.05) is 37.3 Å². The zero-order valence-corrected chi connectivity index (χ0v) is 19.7. The van der Waals surface area contributed by atoms with Crippen LogP contribution in [0.3, 0.4) is 0 Å². The van der Waals surface area contributed by atoms with Gasteiger partial charge in [0, 0.05) is 24.8 Å². The Labute approximate surface area is 190 Å². The van der Waals surface area contributed by atoms with E-state index in [1.807, 2.05) is 45.3 Å². The fraction of sp³-hybridized carbons (Fsp3) is 0.240. The first-order chi connectivity index (χ1) is 15.2. The molecular formula is C25H29N3O3S. The highest BCUT2D eigenvalue weighted by Crippen LogP contribution is 2.23. The molecule has 1 N–H and O–H groups in total. The number of likely N-dealkylation sites (N-methyl/N-ethyl adjacent to an activating group) is 1. The lowest BCUT2D eigenvalue weighted by molar-refractivity contribution is 0.102. The summed E-state index contributed by atoms with van der Waals surface area (Å²) < 4.78 is 26.9. The van der Waals surface area contributed by atoms with E-state index in [-0.39, 0.29) is 10.8 Å². The molecule has 0 bridgehead atoms. The molecule has 32 heavy (non-hydrogen) atoms. The van der Waals surface area contributed by atoms with Crippen molar-refractivity contribution < 1.29 is 13.2 Å². The van der Waals surface area contributed by atoms with Crippen LogP contribution < -0.4 is 9.62 Å². The van der Waals surface area contributed by atoms with Crippen LogP contribution in [0.4, 0.5) is 11.4 Å². The number of carbonyl (C=O) groups is 1. The standard InChI is InChI=1S/C25H29N3O3S/c1-19-5-15-24(16-6-19)32(30,31)28(4)23-13-9-21(10-14-23)25(29)26-22-11-7-20(8-12-22)17-18-27(2)3/h5-16H,17-18H2,1-4H3,(H,26,29). The summed E-state index contributed by atoms with van der Waals surface area (Å²) in [6.07, 6.45) is 0.946. The summed E-state index contributed by atoms with van der Waals surface area (Å²) in [5.74, 6) is -0.248. The Morgan fingerprint density at radius 3 is 2.00 bits per heavy atom. The van der Waals surface area contributed by atoms with E-state index in [1.165, 1.54) is 16.9 Å². The highest BCUT2D eigenvalue weighted by Gasteiger charge is 2.21. The number of anilines is 2. The summed E-state index contributed by atoms with van der Waals surface area (Å²) in [6.45, 7) is 2.87. The summed E-state index contributed by atoms with van der Waals surface area (Å²) in [4.78, 5) is 14.9. The van der Waals surface area contributed by atoms with E-state index in [2.05, 4.69) is 10.2 Å². The van der Waals surface area contributed by atoms with Crippen molar-refractivity contribution in [2.24, 2.45) is 0 Å². The van der Waals surface area contributed by atoms with Crippen molar-refractivity contribution in [1.29, 1.82) is 0 Å². The van der Waals surface area contributed by atoms with Crippen LogP contribution in [-0.4, -0.2) is 46.9 Å². The van der Waals surface area contributed by atoms with E-state index in [9.17, 15) is 13.2 Å². The van der Waals surface area contributed by atoms with Crippen molar-refractivity contribution in [1.82, 2.24) is 4.90 Å². The van der Waals surface area contributed by atoms with Crippen LogP contribution in [0.1, 0.15) is 21.5 Å². The maximum absolute atomic E-state index is 12.9. The Morgan fingerprint density at radius 2 is 1.44 bits per heavy atom. The molecule has 0 aliphatic carbocycles. The second kappa shape index (κ2) is 9.97. The largest absolute Gasteiger partial charge is 0.322 e. The minimum absolute atomic E-state index is 0.224. The van der Waals surface area contributed by atoms with Crippen molar-refractivity contribution in [2.45, 2.75) is 18.2 Å². The topological polar surface area (TPSA) is 69.7 Å². The third kappa shape index (κ3) is 5.75. The fourth-order valence-electron chi connectivity index (χ4n) is 3.14. The molecule has 168 valence electrons. The normalized spacial score (nSPS) is 11.4. The lowest BCUT2D eigenvalue weighted by atomic mass is 10.1. The van der Waals surface area contributed by atoms with Crippen LogP contribution >= 0.6 is 0 Å². The molecule has 3 rings (SSSR count). The minimum atomic E-state index is -3.68. The monoisotopic (exact) mass is 451 g/mol. The number of nitrogens with one attached hydrogen (secondary N) is 1. The van der Waals surface area contributed by atoms with Crippen LogP contribution in [-0.2, 0) is 16.4 Å². The number of nitrogens with zero attached hydrogens (tertiary/aromatic N) is 2. The van der Waals surface area contributed by atoms with Gasteiger partial charge in [-0.25, -0.2) is 8.42 Å². The van der Waals surface area contributed by atoms with Crippen molar-refractivity contribution >= 4 is 27.3 Å². The van der Waals surface area contributed by atoms with Gasteiger partial charge in [-0.15, -0.1) is 0 Å². The molecule has 3 aromatic carbocycles. The minimum Gasteiger partial charge on any atom is -0.322 e. The Bertz CT molecular complexity index is 1150. The van der Waals surface area contributed by atoms with Crippen LogP contribution in [0.2, 0.25) is 0 Å². The molecule has 0 spiro atoms. The summed E-state index contributed by atoms with van der Waals surface area (Å²) in [5, 5.41) is 2.88. The molecular weight excluding hydrogens is 422 g/mol. The van der Waals surface area contributed by atoms with Crippen LogP contribution in [0.15, 0.2) is 77.7 Å². The Balaban J connectivity index is 1.67. The lowest BCUT2D eigenvalue weighted by Crippen LogP contribution is -2.26. The van der Waals surface area contributed by atoms with Crippen LogP contribution in [0.5, 0.6) is 0 Å². The highest BCUT2D eigenvalue weighted by molar-refractivity contribution is 7.92. The average molecular weight is 452 g/mol. The Morgan fingerprint density at radius 1 is 0.844 bits per heavy atom. The van der Waals surface area contributed by atoms with Crippen molar-refractivity contribution in [3.05, 3.63) is 89.5 Å². The molecule has 0 saturated carbocycles. The van der Waals surface area contributed by atoms with Gasteiger partial charge in [-0.2, -0.15) is 0 Å². The first-order valence-electron chi connectivity index (χ1n) is 10.4. The molecule has 0 aliphatic rings. The number of benzene rings is 3. The number of hydrogen-bond donors (Lipinski definition) is 1. The van der Waals surface area contributed by atoms with Gasteiger partial charge in [0.05, 0.1) is 10.6 Å². The fourth-order valence-corrected chi connectivity index (χ4v) is 4.34. The number of rotatable bonds is 8. The zero-order valence-electron chi connectivity index (χ0n) is 18.9. The first kappa shape index (κ1) is 23.5. The van der Waals surface area contributed by atoms with Gasteiger partial charge in [-0.1, -0.05) is 29.8 Å². The second-order valence-corrected chi connectivity index (χ2v) is 10.0. The van der Waals surface area contributed by atoms with E-state index in [1.54, 1.807) is 48.5 Å². The quantitative estimate of drug-likeness (QED) is 0.558. The SMILES string of the molecule is Cc1ccc(S(=O)(=O)N(C)c2ccc(C(=O)Nc3ccc(CCN(C)C)cc3)cc2)cc1. The summed E-state index contributed by atoms with van der Waals surface area (Å²) in [6, 6.07) is 21.0. The van der Waals surface area contributed by atoms with Gasteiger partial charge in [-0.05, 0) is 81.5 Å². The maximum Gasteiger partial charge on any atom is 0.264 e. The lowest BCUT2D eigenvalue weighted by Gasteiger charge is -2.20. The van der Waals surface area contributed by atoms with Gasteiger partial charge in [0.15, 0.2) is 0 Å². The summed E-state index contributed by atoms with van der Waals surface area (Å²) in [7, 11) is 1.90. The van der Waals surface area contributed by atoms with E-state index in [4.69, 9.17) is 0 Å². The van der Waals surface area contributed by atoms with Gasteiger partial charge in [0.25, 0.3) is 15.9 Å². The molecule has 0 saturated heterocycles. The Hall–Kier alpha value is -3.16. The maximum atomic E-state index is 12.9. The van der Waals surface area contributed by atoms with Crippen LogP contribution in [0, 0.1) is 6.92 Å². The number of hydrogen-bond acceptors (Lipinski definition) is 4. The molecule has 0 heterocycles. The van der Waals surface area contributed by atoms with Crippen molar-refractivity contribution in [3.8, 4) is 0 Å². The number of sulfonamides is 1. The first-order valence-corrected chi connectivity index (χ1v) is 11.8. The number of carbonyl (C=O) groups excluding carboxylic acids is 1. The van der Waals surface area contributed by atoms with Gasteiger partial charge in [-0.3, -0.25) is 9.10 Å². The molecule has 3 aromatic rings. The number of amides is 1. The highest BCUT2D eigenvalue weighted by atomic mass is 32.2. The van der Waals surface area contributed by atoms with Gasteiger partial charge < -0.3 is 10.2 Å². The molecule has 1 amide bonds. The van der Waals surface area contributed by atoms with E-state index in [0.29, 0.717) is 16.9 Å². The predicted molar refractivity (Wildman–Crippen MR) is 130 cm³/mol. The molecule has 0 aromatic heterocycles. The molecule has 6 nitrogen and oxygen atoms in total. The molecule has 7 heteroatoms. The zero-order chi connectivity index (χ0) is 23.3. The third-order valence-electron chi connectivity index (χ3n) is 5.23. The molecule has 0 unspecified atom stereocenters. The molecule has 0 aliphatic heterocycles. The molecule has 0 atom stereocenters. The van der Waals surface area contributed by atoms with Gasteiger partial charge >= 0.3 is 0 Å². The Kier molecular flexibility index (Phi) is 7.33. The average Bonchev–Trinajstić information content (AvgIpc) is 2.78. The van der Waals surface area contributed by atoms with E-state index in [0.717, 1.165) is 18.5 Å². The summed E-state index contributed by atoms with van der Waals surface area (Å²) >= 11 is 0. The van der Waals surface area contributed by atoms with Gasteiger partial charge in [0.2, 0.25) is 0 Å². The predicted octanol–water partition coefficient (Wildman–Crippen LogP) is 4.18. The van der Waals surface area contributed by atoms with E-state index >= 15 is 0 Å². The molecule has 0 fully saturated rings. The molecule has 0 radical (unpaired) electrons. The third-order valence-corrected chi connectivity index (χ3v) is 7.03. The second-order valence-electron chi connectivity index (χ2n) is 8.04. The van der Waals surface area contributed by atoms with Crippen molar-refractivity contribution in [3.63, 3.8) is 0 Å². The van der Waals surface area contributed by atoms with Crippen LogP contribution in [0.25, 0.3) is 0 Å². The van der Waals surface area contributed by atoms with Gasteiger partial charge in [0.1, 0.15) is 0 Å². The smallest absolute Gasteiger partial charge is 0.264 e. The van der Waals surface area contributed by atoms with E-state index < -0.39 is 10.0 Å².